The van der Waals surface area contributed by atoms with Gasteiger partial charge in [0.05, 0.1) is 36.6 Å². The Morgan fingerprint density at radius 2 is 1.00 bits per heavy atom. The molecule has 6 aliphatic rings. The van der Waals surface area contributed by atoms with E-state index >= 15 is 0 Å². The summed E-state index contributed by atoms with van der Waals surface area (Å²) < 4.78 is 56.8. The van der Waals surface area contributed by atoms with Gasteiger partial charge in [0.2, 0.25) is 0 Å². The van der Waals surface area contributed by atoms with Crippen LogP contribution in [0.3, 0.4) is 0 Å². The first-order valence-corrected chi connectivity index (χ1v) is 19.4. The number of halogens is 1. The van der Waals surface area contributed by atoms with Gasteiger partial charge in [-0.05, 0) is 41.5 Å². The van der Waals surface area contributed by atoms with Crippen LogP contribution in [0.4, 0.5) is 0 Å². The summed E-state index contributed by atoms with van der Waals surface area (Å²) >= 11 is 2.26. The molecule has 6 aliphatic heterocycles. The molecule has 6 unspecified atom stereocenters. The van der Waals surface area contributed by atoms with Gasteiger partial charge in [-0.2, -0.15) is 0 Å². The standard InChI is InChI=1S/C20H40N2O6Si2.CH2BIOS/c1-15-9-21-10-16(2)24-29(23-15,25-17(3)11-21)7-8-30-26-18(4)12-22(13-19(5)27-30)14-20(6)28-30;4-2-3-1-5/h15-20H,7-14H2,1-6H3;1,3H/i;3T. The SMILES string of the molecule is CC1CN2CC(C)O[Si](CC[Si]34OC(C)CN(CC(C)O3)CC(C)O4)(O1)OC(C)C2.[3H]I(B=O)C=S. The molecule has 9 nitrogen and oxygen atoms in total. The average Bonchev–Trinajstić information content (AvgIpc) is 2.72. The molecule has 0 amide bonds. The van der Waals surface area contributed by atoms with E-state index in [4.69, 9.17) is 27.1 Å². The molecule has 0 aromatic carbocycles. The van der Waals surface area contributed by atoms with Crippen molar-refractivity contribution in [3.05, 3.63) is 0 Å². The van der Waals surface area contributed by atoms with E-state index < -0.39 is 38.4 Å². The van der Waals surface area contributed by atoms with Gasteiger partial charge >= 0.3 is 64.3 Å². The van der Waals surface area contributed by atoms with Crippen molar-refractivity contribution in [2.24, 2.45) is 0 Å². The topological polar surface area (TPSA) is 78.9 Å². The van der Waals surface area contributed by atoms with E-state index in [-0.39, 0.29) is 36.6 Å². The summed E-state index contributed by atoms with van der Waals surface area (Å²) in [6.07, 6.45) is 0.492. The van der Waals surface area contributed by atoms with Gasteiger partial charge in [0, 0.05) is 51.4 Å². The van der Waals surface area contributed by atoms with Crippen LogP contribution in [0.5, 0.6) is 0 Å². The molecular formula is C21H42BIN2O7SSi2. The molecular weight excluding hydrogens is 618 g/mol. The second-order valence-corrected chi connectivity index (χ2v) is 18.3. The van der Waals surface area contributed by atoms with Crippen molar-refractivity contribution in [3.63, 3.8) is 0 Å². The quantitative estimate of drug-likeness (QED) is 0.190. The Bertz CT molecular complexity index is 626. The molecule has 4 bridgehead atoms. The molecule has 6 heterocycles. The van der Waals surface area contributed by atoms with Crippen molar-refractivity contribution in [1.29, 1.82) is 0.594 Å². The number of nitrogens with zero attached hydrogens (tertiary/aromatic N) is 2. The summed E-state index contributed by atoms with van der Waals surface area (Å²) in [5.74, 6) is 0. The molecule has 0 aliphatic carbocycles. The van der Waals surface area contributed by atoms with Gasteiger partial charge in [-0.3, -0.25) is 9.80 Å². The first-order valence-electron chi connectivity index (χ1n) is 12.9. The molecule has 0 N–H and O–H groups in total. The summed E-state index contributed by atoms with van der Waals surface area (Å²) in [6.45, 7) is 18.3. The maximum atomic E-state index is 9.52. The number of thiocarbonyl (C=S) groups is 1. The van der Waals surface area contributed by atoms with Crippen LogP contribution in [0.1, 0.15) is 41.5 Å². The van der Waals surface area contributed by atoms with Gasteiger partial charge in [-0.15, -0.1) is 0 Å². The van der Waals surface area contributed by atoms with Crippen LogP contribution < -0.4 is 0 Å². The fourth-order valence-electron chi connectivity index (χ4n) is 5.54. The van der Waals surface area contributed by atoms with Crippen molar-refractivity contribution in [2.45, 2.75) is 90.3 Å². The molecule has 0 aromatic rings. The Kier molecular flexibility index (Phi) is 11.3. The zero-order valence-corrected chi connectivity index (χ0v) is 26.8. The van der Waals surface area contributed by atoms with Crippen molar-refractivity contribution < 1.29 is 31.3 Å². The van der Waals surface area contributed by atoms with E-state index in [1.165, 1.54) is 3.37 Å². The predicted octanol–water partition coefficient (Wildman–Crippen LogP) is 2.56. The van der Waals surface area contributed by atoms with Crippen LogP contribution in [0.25, 0.3) is 0 Å². The Morgan fingerprint density at radius 1 is 0.743 bits per heavy atom. The Balaban J connectivity index is 0.000000538. The molecule has 14 heteroatoms. The third-order valence-electron chi connectivity index (χ3n) is 6.22. The van der Waals surface area contributed by atoms with E-state index in [0.717, 1.165) is 39.3 Å². The number of rotatable bonds is 5. The van der Waals surface area contributed by atoms with Gasteiger partial charge in [0.1, 0.15) is 0 Å². The molecule has 6 saturated heterocycles. The van der Waals surface area contributed by atoms with Crippen molar-refractivity contribution >= 4 is 59.0 Å². The molecule has 6 rings (SSSR count). The molecule has 6 fully saturated rings. The number of fused-ring (bicyclic) bond motifs is 12. The van der Waals surface area contributed by atoms with E-state index in [1.807, 2.05) is 0 Å². The minimum absolute atomic E-state index is 0.0820. The minimum atomic E-state index is -2.90. The number of hydrogen-bond acceptors (Lipinski definition) is 10. The molecule has 6 atom stereocenters. The van der Waals surface area contributed by atoms with Gasteiger partial charge in [0.15, 0.2) is 0 Å². The summed E-state index contributed by atoms with van der Waals surface area (Å²) in [4.78, 5) is 4.78. The van der Waals surface area contributed by atoms with E-state index in [1.54, 1.807) is 0 Å². The third-order valence-corrected chi connectivity index (χ3v) is 14.3. The first-order chi connectivity index (χ1) is 16.9. The van der Waals surface area contributed by atoms with Gasteiger partial charge in [0.25, 0.3) is 0 Å². The summed E-state index contributed by atoms with van der Waals surface area (Å²) in [5, 5.41) is 0.636. The number of hydrogen-bond donors (Lipinski definition) is 0. The maximum absolute atomic E-state index is 9.52. The van der Waals surface area contributed by atoms with Crippen LogP contribution in [-0.4, -0.2) is 112 Å². The van der Waals surface area contributed by atoms with Crippen LogP contribution in [0.2, 0.25) is 12.1 Å². The Morgan fingerprint density at radius 3 is 1.17 bits per heavy atom. The molecule has 0 aromatic heterocycles. The molecule has 0 radical (unpaired) electrons. The van der Waals surface area contributed by atoms with E-state index in [2.05, 4.69) is 63.6 Å². The molecule has 35 heavy (non-hydrogen) atoms. The third kappa shape index (κ3) is 9.20. The Labute approximate surface area is 229 Å². The summed E-state index contributed by atoms with van der Waals surface area (Å²) in [6, 6.07) is 1.35. The zero-order valence-electron chi connectivity index (χ0n) is 22.8. The monoisotopic (exact) mass is 662 g/mol. The predicted molar refractivity (Wildman–Crippen MR) is 153 cm³/mol. The normalized spacial score (nSPS) is 46.7. The van der Waals surface area contributed by atoms with E-state index in [0.29, 0.717) is 17.1 Å². The van der Waals surface area contributed by atoms with Gasteiger partial charge < -0.3 is 26.6 Å². The molecule has 0 saturated carbocycles. The van der Waals surface area contributed by atoms with Crippen molar-refractivity contribution in [1.82, 2.24) is 9.80 Å². The van der Waals surface area contributed by atoms with Crippen LogP contribution in [0, 0.1) is 0 Å². The molecule has 0 spiro atoms. The average molecular weight is 663 g/mol. The second kappa shape index (κ2) is 13.7. The zero-order chi connectivity index (χ0) is 26.5. The van der Waals surface area contributed by atoms with Crippen molar-refractivity contribution in [2.75, 3.05) is 39.3 Å². The van der Waals surface area contributed by atoms with Gasteiger partial charge in [-0.25, -0.2) is 0 Å². The first kappa shape index (κ1) is 28.8. The fourth-order valence-corrected chi connectivity index (χ4v) is 13.6. The van der Waals surface area contributed by atoms with Crippen LogP contribution >= 0.6 is 33.0 Å². The second-order valence-electron chi connectivity index (χ2n) is 10.2. The van der Waals surface area contributed by atoms with Crippen LogP contribution in [-0.2, 0) is 31.3 Å². The van der Waals surface area contributed by atoms with E-state index in [9.17, 15) is 4.70 Å². The molecule has 202 valence electrons. The summed E-state index contributed by atoms with van der Waals surface area (Å²) in [5.41, 5.74) is 0. The van der Waals surface area contributed by atoms with Crippen molar-refractivity contribution in [3.8, 4) is 0 Å². The van der Waals surface area contributed by atoms with Crippen LogP contribution in [0.15, 0.2) is 0 Å². The summed E-state index contributed by atoms with van der Waals surface area (Å²) in [7, 11) is -5.80. The Hall–Kier alpha value is 0.799. The van der Waals surface area contributed by atoms with Gasteiger partial charge in [-0.1, -0.05) is 0 Å². The fraction of sp³-hybridized carbons (Fsp3) is 0.952.